The second-order valence-corrected chi connectivity index (χ2v) is 7.44. The quantitative estimate of drug-likeness (QED) is 0.475. The Morgan fingerprint density at radius 2 is 1.85 bits per heavy atom. The van der Waals surface area contributed by atoms with Crippen molar-refractivity contribution in [3.05, 3.63) is 68.0 Å². The molecule has 2 aromatic carbocycles. The molecule has 0 spiro atoms. The van der Waals surface area contributed by atoms with Crippen molar-refractivity contribution in [3.63, 3.8) is 0 Å². The molecule has 1 aliphatic rings. The van der Waals surface area contributed by atoms with E-state index in [2.05, 4.69) is 37.2 Å². The van der Waals surface area contributed by atoms with Crippen molar-refractivity contribution in [3.8, 4) is 5.75 Å². The average molecular weight is 498 g/mol. The SMILES string of the molecule is CCN1C(=O)N/C(=C/c2cc(Br)c(OCc3ccccc3F)c(Br)c2)C1=O. The lowest BCUT2D eigenvalue weighted by atomic mass is 10.2. The zero-order valence-electron chi connectivity index (χ0n) is 14.3. The second kappa shape index (κ2) is 8.22. The summed E-state index contributed by atoms with van der Waals surface area (Å²) in [6, 6.07) is 9.47. The summed E-state index contributed by atoms with van der Waals surface area (Å²) in [7, 11) is 0. The molecule has 0 saturated carbocycles. The summed E-state index contributed by atoms with van der Waals surface area (Å²) < 4.78 is 20.7. The van der Waals surface area contributed by atoms with Crippen molar-refractivity contribution in [2.24, 2.45) is 0 Å². The summed E-state index contributed by atoms with van der Waals surface area (Å²) in [5.74, 6) is -0.186. The van der Waals surface area contributed by atoms with Gasteiger partial charge in [0.2, 0.25) is 0 Å². The number of imide groups is 1. The summed E-state index contributed by atoms with van der Waals surface area (Å²) in [5.41, 5.74) is 1.34. The first-order valence-electron chi connectivity index (χ1n) is 8.10. The van der Waals surface area contributed by atoms with Gasteiger partial charge in [0.05, 0.1) is 8.95 Å². The molecule has 0 radical (unpaired) electrons. The van der Waals surface area contributed by atoms with E-state index < -0.39 is 6.03 Å². The van der Waals surface area contributed by atoms with Crippen LogP contribution in [0.4, 0.5) is 9.18 Å². The Bertz CT molecular complexity index is 923. The molecule has 0 unspecified atom stereocenters. The van der Waals surface area contributed by atoms with Gasteiger partial charge in [-0.15, -0.1) is 0 Å². The van der Waals surface area contributed by atoms with Gasteiger partial charge in [-0.2, -0.15) is 0 Å². The van der Waals surface area contributed by atoms with Gasteiger partial charge in [-0.05, 0) is 68.6 Å². The standard InChI is InChI=1S/C19H15Br2FN2O3/c1-2-24-18(25)16(23-19(24)26)9-11-7-13(20)17(14(21)8-11)27-10-12-5-3-4-6-15(12)22/h3-9H,2,10H2,1H3,(H,23,26)/b16-9+. The van der Waals surface area contributed by atoms with Crippen molar-refractivity contribution < 1.29 is 18.7 Å². The Labute approximate surface area is 172 Å². The van der Waals surface area contributed by atoms with Gasteiger partial charge in [-0.1, -0.05) is 18.2 Å². The van der Waals surface area contributed by atoms with E-state index in [0.29, 0.717) is 32.4 Å². The molecule has 1 fully saturated rings. The Balaban J connectivity index is 1.81. The van der Waals surface area contributed by atoms with Crippen LogP contribution in [0.3, 0.4) is 0 Å². The molecule has 140 valence electrons. The molecule has 1 saturated heterocycles. The number of rotatable bonds is 5. The van der Waals surface area contributed by atoms with Crippen LogP contribution in [0.25, 0.3) is 6.08 Å². The lowest BCUT2D eigenvalue weighted by molar-refractivity contribution is -0.122. The lowest BCUT2D eigenvalue weighted by Gasteiger charge is -2.12. The van der Waals surface area contributed by atoms with Crippen LogP contribution in [-0.2, 0) is 11.4 Å². The number of nitrogens with zero attached hydrogens (tertiary/aromatic N) is 1. The van der Waals surface area contributed by atoms with Crippen LogP contribution in [0.2, 0.25) is 0 Å². The number of likely N-dealkylation sites (N-methyl/N-ethyl adjacent to an activating group) is 1. The predicted molar refractivity (Wildman–Crippen MR) is 106 cm³/mol. The molecule has 3 rings (SSSR count). The maximum absolute atomic E-state index is 13.7. The number of benzene rings is 2. The third-order valence-corrected chi connectivity index (χ3v) is 5.12. The number of hydrogen-bond acceptors (Lipinski definition) is 3. The Kier molecular flexibility index (Phi) is 5.96. The van der Waals surface area contributed by atoms with E-state index in [4.69, 9.17) is 4.74 Å². The van der Waals surface area contributed by atoms with Gasteiger partial charge >= 0.3 is 6.03 Å². The molecule has 0 aliphatic carbocycles. The van der Waals surface area contributed by atoms with Gasteiger partial charge < -0.3 is 10.1 Å². The molecule has 0 atom stereocenters. The summed E-state index contributed by atoms with van der Waals surface area (Å²) in [4.78, 5) is 25.0. The minimum Gasteiger partial charge on any atom is -0.486 e. The largest absolute Gasteiger partial charge is 0.486 e. The first-order chi connectivity index (χ1) is 12.9. The first kappa shape index (κ1) is 19.6. The minimum absolute atomic E-state index is 0.0737. The molecule has 8 heteroatoms. The highest BCUT2D eigenvalue weighted by molar-refractivity contribution is 9.11. The van der Waals surface area contributed by atoms with Crippen LogP contribution >= 0.6 is 31.9 Å². The summed E-state index contributed by atoms with van der Waals surface area (Å²) >= 11 is 6.86. The van der Waals surface area contributed by atoms with Crippen molar-refractivity contribution in [2.45, 2.75) is 13.5 Å². The van der Waals surface area contributed by atoms with E-state index in [-0.39, 0.29) is 24.0 Å². The van der Waals surface area contributed by atoms with Gasteiger partial charge in [0.15, 0.2) is 0 Å². The van der Waals surface area contributed by atoms with Crippen LogP contribution in [0, 0.1) is 5.82 Å². The van der Waals surface area contributed by atoms with Gasteiger partial charge in [0.1, 0.15) is 23.9 Å². The van der Waals surface area contributed by atoms with Crippen molar-refractivity contribution in [1.29, 1.82) is 0 Å². The number of carbonyl (C=O) groups is 2. The topological polar surface area (TPSA) is 58.6 Å². The Morgan fingerprint density at radius 1 is 1.19 bits per heavy atom. The Hall–Kier alpha value is -2.19. The molecule has 0 bridgehead atoms. The number of amides is 3. The van der Waals surface area contributed by atoms with Gasteiger partial charge in [-0.25, -0.2) is 9.18 Å². The van der Waals surface area contributed by atoms with Crippen LogP contribution < -0.4 is 10.1 Å². The highest BCUT2D eigenvalue weighted by Gasteiger charge is 2.32. The highest BCUT2D eigenvalue weighted by Crippen LogP contribution is 2.36. The molecule has 3 amide bonds. The van der Waals surface area contributed by atoms with Gasteiger partial charge in [-0.3, -0.25) is 9.69 Å². The maximum Gasteiger partial charge on any atom is 0.328 e. The van der Waals surface area contributed by atoms with Crippen LogP contribution in [0.1, 0.15) is 18.1 Å². The molecule has 1 N–H and O–H groups in total. The first-order valence-corrected chi connectivity index (χ1v) is 9.69. The number of urea groups is 1. The molecular weight excluding hydrogens is 483 g/mol. The second-order valence-electron chi connectivity index (χ2n) is 5.73. The van der Waals surface area contributed by atoms with E-state index in [1.807, 2.05) is 0 Å². The Morgan fingerprint density at radius 3 is 2.44 bits per heavy atom. The number of hydrogen-bond donors (Lipinski definition) is 1. The lowest BCUT2D eigenvalue weighted by Crippen LogP contribution is -2.30. The number of ether oxygens (including phenoxy) is 1. The molecular formula is C19H15Br2FN2O3. The predicted octanol–water partition coefficient (Wildman–Crippen LogP) is 4.84. The molecule has 27 heavy (non-hydrogen) atoms. The third-order valence-electron chi connectivity index (χ3n) is 3.94. The summed E-state index contributed by atoms with van der Waals surface area (Å²) in [6.45, 7) is 2.11. The average Bonchev–Trinajstić information content (AvgIpc) is 2.88. The normalized spacial score (nSPS) is 15.4. The molecule has 0 aromatic heterocycles. The van der Waals surface area contributed by atoms with E-state index in [0.717, 1.165) is 4.90 Å². The fourth-order valence-corrected chi connectivity index (χ4v) is 4.04. The highest BCUT2D eigenvalue weighted by atomic mass is 79.9. The number of halogens is 3. The summed E-state index contributed by atoms with van der Waals surface area (Å²) in [6.07, 6.45) is 1.59. The van der Waals surface area contributed by atoms with Crippen molar-refractivity contribution >= 4 is 49.9 Å². The third kappa shape index (κ3) is 4.22. The van der Waals surface area contributed by atoms with Crippen molar-refractivity contribution in [2.75, 3.05) is 6.54 Å². The molecule has 1 heterocycles. The van der Waals surface area contributed by atoms with Crippen LogP contribution in [-0.4, -0.2) is 23.4 Å². The number of carbonyl (C=O) groups excluding carboxylic acids is 2. The minimum atomic E-state index is -0.434. The smallest absolute Gasteiger partial charge is 0.328 e. The zero-order chi connectivity index (χ0) is 19.6. The van der Waals surface area contributed by atoms with E-state index in [1.165, 1.54) is 6.07 Å². The summed E-state index contributed by atoms with van der Waals surface area (Å²) in [5, 5.41) is 2.55. The monoisotopic (exact) mass is 496 g/mol. The van der Waals surface area contributed by atoms with E-state index in [1.54, 1.807) is 43.3 Å². The van der Waals surface area contributed by atoms with E-state index in [9.17, 15) is 14.0 Å². The fraction of sp³-hybridized carbons (Fsp3) is 0.158. The van der Waals surface area contributed by atoms with Gasteiger partial charge in [0, 0.05) is 12.1 Å². The zero-order valence-corrected chi connectivity index (χ0v) is 17.4. The van der Waals surface area contributed by atoms with Crippen molar-refractivity contribution in [1.82, 2.24) is 10.2 Å². The maximum atomic E-state index is 13.7. The van der Waals surface area contributed by atoms with Crippen LogP contribution in [0.5, 0.6) is 5.75 Å². The van der Waals surface area contributed by atoms with E-state index >= 15 is 0 Å². The fourth-order valence-electron chi connectivity index (χ4n) is 2.59. The molecule has 1 aliphatic heterocycles. The number of nitrogens with one attached hydrogen (secondary N) is 1. The van der Waals surface area contributed by atoms with Crippen LogP contribution in [0.15, 0.2) is 51.0 Å². The molecule has 5 nitrogen and oxygen atoms in total. The van der Waals surface area contributed by atoms with Gasteiger partial charge in [0.25, 0.3) is 5.91 Å². The molecule has 2 aromatic rings.